The lowest BCUT2D eigenvalue weighted by atomic mass is 10.2. The van der Waals surface area contributed by atoms with E-state index in [2.05, 4.69) is 15.4 Å². The molecule has 0 unspecified atom stereocenters. The van der Waals surface area contributed by atoms with Gasteiger partial charge in [-0.05, 0) is 26.5 Å². The number of hydrogen-bond acceptors (Lipinski definition) is 3. The Kier molecular flexibility index (Phi) is 4.17. The first-order valence-corrected chi connectivity index (χ1v) is 6.49. The number of pyridine rings is 1. The normalized spacial score (nSPS) is 11.0. The van der Waals surface area contributed by atoms with Gasteiger partial charge < -0.3 is 5.32 Å². The zero-order valence-corrected chi connectivity index (χ0v) is 11.9. The van der Waals surface area contributed by atoms with E-state index in [1.165, 1.54) is 12.3 Å². The Morgan fingerprint density at radius 3 is 2.74 bits per heavy atom. The number of hydrogen-bond donors (Lipinski definition) is 1. The molecule has 19 heavy (non-hydrogen) atoms. The number of rotatable bonds is 4. The highest BCUT2D eigenvalue weighted by Crippen LogP contribution is 2.23. The second-order valence-corrected chi connectivity index (χ2v) is 4.69. The molecule has 2 heterocycles. The number of aryl methyl sites for hydroxylation is 1. The van der Waals surface area contributed by atoms with Crippen molar-refractivity contribution >= 4 is 11.6 Å². The van der Waals surface area contributed by atoms with Crippen molar-refractivity contribution in [3.8, 4) is 5.82 Å². The highest BCUT2D eigenvalue weighted by atomic mass is 35.5. The maximum absolute atomic E-state index is 13.3. The molecule has 0 amide bonds. The topological polar surface area (TPSA) is 42.7 Å². The molecule has 0 aliphatic heterocycles. The second kappa shape index (κ2) is 5.67. The van der Waals surface area contributed by atoms with E-state index in [0.717, 1.165) is 23.5 Å². The minimum Gasteiger partial charge on any atom is -0.313 e. The average Bonchev–Trinajstić information content (AvgIpc) is 2.64. The zero-order valence-electron chi connectivity index (χ0n) is 11.2. The van der Waals surface area contributed by atoms with Crippen molar-refractivity contribution in [1.82, 2.24) is 20.1 Å². The SMILES string of the molecule is CCNCc1cc(F)cnc1-n1nc(C)c(Cl)c1C. The van der Waals surface area contributed by atoms with Gasteiger partial charge in [-0.25, -0.2) is 14.1 Å². The summed E-state index contributed by atoms with van der Waals surface area (Å²) in [7, 11) is 0. The Labute approximate surface area is 116 Å². The summed E-state index contributed by atoms with van der Waals surface area (Å²) >= 11 is 6.14. The third-order valence-electron chi connectivity index (χ3n) is 2.88. The van der Waals surface area contributed by atoms with Crippen LogP contribution in [0, 0.1) is 19.7 Å². The van der Waals surface area contributed by atoms with Crippen LogP contribution in [0.1, 0.15) is 23.9 Å². The van der Waals surface area contributed by atoms with Gasteiger partial charge >= 0.3 is 0 Å². The summed E-state index contributed by atoms with van der Waals surface area (Å²) in [5.74, 6) is 0.249. The Morgan fingerprint density at radius 1 is 1.42 bits per heavy atom. The summed E-state index contributed by atoms with van der Waals surface area (Å²) in [4.78, 5) is 4.14. The van der Waals surface area contributed by atoms with Crippen LogP contribution < -0.4 is 5.32 Å². The first kappa shape index (κ1) is 14.0. The Bertz CT molecular complexity index is 595. The quantitative estimate of drug-likeness (QED) is 0.938. The van der Waals surface area contributed by atoms with E-state index in [4.69, 9.17) is 11.6 Å². The van der Waals surface area contributed by atoms with Crippen molar-refractivity contribution in [2.75, 3.05) is 6.54 Å². The van der Waals surface area contributed by atoms with Crippen LogP contribution in [0.3, 0.4) is 0 Å². The molecule has 0 saturated carbocycles. The molecule has 1 N–H and O–H groups in total. The Balaban J connectivity index is 2.51. The van der Waals surface area contributed by atoms with Crippen LogP contribution in [0.25, 0.3) is 5.82 Å². The van der Waals surface area contributed by atoms with Gasteiger partial charge in [0.25, 0.3) is 0 Å². The van der Waals surface area contributed by atoms with Crippen LogP contribution in [-0.4, -0.2) is 21.3 Å². The molecule has 2 aromatic heterocycles. The summed E-state index contributed by atoms with van der Waals surface area (Å²) in [6.45, 7) is 7.02. The van der Waals surface area contributed by atoms with Gasteiger partial charge in [-0.15, -0.1) is 0 Å². The lowest BCUT2D eigenvalue weighted by molar-refractivity contribution is 0.609. The number of aromatic nitrogens is 3. The van der Waals surface area contributed by atoms with Gasteiger partial charge in [0.15, 0.2) is 5.82 Å². The van der Waals surface area contributed by atoms with Crippen LogP contribution in [0.2, 0.25) is 5.02 Å². The molecule has 0 spiro atoms. The Morgan fingerprint density at radius 2 is 2.16 bits per heavy atom. The van der Waals surface area contributed by atoms with Gasteiger partial charge in [0.2, 0.25) is 0 Å². The van der Waals surface area contributed by atoms with Crippen LogP contribution in [0.5, 0.6) is 0 Å². The molecule has 2 rings (SSSR count). The summed E-state index contributed by atoms with van der Waals surface area (Å²) in [5.41, 5.74) is 2.29. The summed E-state index contributed by atoms with van der Waals surface area (Å²) in [6.07, 6.45) is 1.19. The fourth-order valence-corrected chi connectivity index (χ4v) is 2.00. The van der Waals surface area contributed by atoms with Gasteiger partial charge in [-0.3, -0.25) is 0 Å². The predicted octanol–water partition coefficient (Wildman–Crippen LogP) is 2.79. The fourth-order valence-electron chi connectivity index (χ4n) is 1.88. The largest absolute Gasteiger partial charge is 0.313 e. The highest BCUT2D eigenvalue weighted by Gasteiger charge is 2.15. The fraction of sp³-hybridized carbons (Fsp3) is 0.385. The van der Waals surface area contributed by atoms with Crippen LogP contribution >= 0.6 is 11.6 Å². The predicted molar refractivity (Wildman–Crippen MR) is 73.2 cm³/mol. The zero-order chi connectivity index (χ0) is 14.0. The van der Waals surface area contributed by atoms with E-state index >= 15 is 0 Å². The van der Waals surface area contributed by atoms with Crippen molar-refractivity contribution in [2.45, 2.75) is 27.3 Å². The van der Waals surface area contributed by atoms with E-state index < -0.39 is 0 Å². The molecule has 102 valence electrons. The maximum atomic E-state index is 13.3. The molecule has 0 bridgehead atoms. The third kappa shape index (κ3) is 2.77. The average molecular weight is 283 g/mol. The van der Waals surface area contributed by atoms with Crippen molar-refractivity contribution in [3.05, 3.63) is 40.1 Å². The van der Waals surface area contributed by atoms with E-state index in [9.17, 15) is 4.39 Å². The molecule has 2 aromatic rings. The first-order valence-electron chi connectivity index (χ1n) is 6.11. The van der Waals surface area contributed by atoms with Gasteiger partial charge in [0.1, 0.15) is 5.82 Å². The van der Waals surface area contributed by atoms with Crippen molar-refractivity contribution < 1.29 is 4.39 Å². The third-order valence-corrected chi connectivity index (χ3v) is 3.43. The van der Waals surface area contributed by atoms with E-state index in [1.807, 2.05) is 20.8 Å². The van der Waals surface area contributed by atoms with Crippen molar-refractivity contribution in [3.63, 3.8) is 0 Å². The van der Waals surface area contributed by atoms with E-state index in [0.29, 0.717) is 17.4 Å². The van der Waals surface area contributed by atoms with E-state index in [1.54, 1.807) is 4.68 Å². The summed E-state index contributed by atoms with van der Waals surface area (Å²) < 4.78 is 15.0. The summed E-state index contributed by atoms with van der Waals surface area (Å²) in [5, 5.41) is 8.12. The second-order valence-electron chi connectivity index (χ2n) is 4.31. The molecular formula is C13H16ClFN4. The maximum Gasteiger partial charge on any atom is 0.158 e. The van der Waals surface area contributed by atoms with Gasteiger partial charge in [-0.1, -0.05) is 18.5 Å². The standard InChI is InChI=1S/C13H16ClFN4/c1-4-16-6-10-5-11(15)7-17-13(10)19-9(3)12(14)8(2)18-19/h5,7,16H,4,6H2,1-3H3. The van der Waals surface area contributed by atoms with E-state index in [-0.39, 0.29) is 5.82 Å². The van der Waals surface area contributed by atoms with Crippen molar-refractivity contribution in [1.29, 1.82) is 0 Å². The minimum absolute atomic E-state index is 0.357. The summed E-state index contributed by atoms with van der Waals surface area (Å²) in [6, 6.07) is 1.47. The molecule has 0 radical (unpaired) electrons. The Hall–Kier alpha value is -1.46. The lowest BCUT2D eigenvalue weighted by Gasteiger charge is -2.10. The van der Waals surface area contributed by atoms with Crippen LogP contribution in [-0.2, 0) is 6.54 Å². The molecule has 0 aliphatic rings. The molecule has 0 saturated heterocycles. The number of nitrogens with zero attached hydrogens (tertiary/aromatic N) is 3. The monoisotopic (exact) mass is 282 g/mol. The lowest BCUT2D eigenvalue weighted by Crippen LogP contribution is -2.16. The molecule has 4 nitrogen and oxygen atoms in total. The molecule has 6 heteroatoms. The number of nitrogens with one attached hydrogen (secondary N) is 1. The van der Waals surface area contributed by atoms with Gasteiger partial charge in [0.05, 0.1) is 22.6 Å². The molecule has 0 aliphatic carbocycles. The smallest absolute Gasteiger partial charge is 0.158 e. The highest BCUT2D eigenvalue weighted by molar-refractivity contribution is 6.31. The van der Waals surface area contributed by atoms with Gasteiger partial charge in [-0.2, -0.15) is 5.10 Å². The van der Waals surface area contributed by atoms with Crippen LogP contribution in [0.4, 0.5) is 4.39 Å². The molecule has 0 atom stereocenters. The molecule has 0 aromatic carbocycles. The number of halogens is 2. The van der Waals surface area contributed by atoms with Crippen molar-refractivity contribution in [2.24, 2.45) is 0 Å². The minimum atomic E-state index is -0.357. The molecular weight excluding hydrogens is 267 g/mol. The first-order chi connectivity index (χ1) is 9.04. The molecule has 0 fully saturated rings. The van der Waals surface area contributed by atoms with Gasteiger partial charge in [0, 0.05) is 12.1 Å². The van der Waals surface area contributed by atoms with Crippen LogP contribution in [0.15, 0.2) is 12.3 Å².